The molecule has 1 N–H and O–H groups in total. The number of benzene rings is 1. The Morgan fingerprint density at radius 3 is 2.79 bits per heavy atom. The van der Waals surface area contributed by atoms with Gasteiger partial charge in [0.2, 0.25) is 0 Å². The molecule has 6 nitrogen and oxygen atoms in total. The van der Waals surface area contributed by atoms with Crippen molar-refractivity contribution >= 4 is 11.4 Å². The fourth-order valence-corrected chi connectivity index (χ4v) is 1.98. The Balaban J connectivity index is 2.38. The van der Waals surface area contributed by atoms with Crippen LogP contribution in [0.2, 0.25) is 0 Å². The number of rotatable bonds is 5. The number of hydrogen-bond donors (Lipinski definition) is 1. The topological polar surface area (TPSA) is 73.0 Å². The van der Waals surface area contributed by atoms with Gasteiger partial charge in [-0.25, -0.2) is 0 Å². The molecule has 1 heterocycles. The highest BCUT2D eigenvalue weighted by molar-refractivity contribution is 5.66. The summed E-state index contributed by atoms with van der Waals surface area (Å²) < 4.78 is 1.77. The van der Waals surface area contributed by atoms with Gasteiger partial charge in [0.15, 0.2) is 0 Å². The van der Waals surface area contributed by atoms with Crippen molar-refractivity contribution in [3.8, 4) is 0 Å². The second kappa shape index (κ2) is 5.51. The zero-order chi connectivity index (χ0) is 13.8. The molecule has 0 radical (unpaired) electrons. The highest BCUT2D eigenvalue weighted by atomic mass is 16.6. The van der Waals surface area contributed by atoms with E-state index in [-0.39, 0.29) is 10.6 Å². The summed E-state index contributed by atoms with van der Waals surface area (Å²) in [4.78, 5) is 10.7. The molecular weight excluding hydrogens is 244 g/mol. The molecule has 0 aliphatic rings. The largest absolute Gasteiger partial charge is 0.379 e. The van der Waals surface area contributed by atoms with Crippen molar-refractivity contribution in [2.45, 2.75) is 20.4 Å². The second-order valence-corrected chi connectivity index (χ2v) is 4.25. The molecule has 2 rings (SSSR count). The van der Waals surface area contributed by atoms with E-state index in [0.29, 0.717) is 18.8 Å². The van der Waals surface area contributed by atoms with E-state index < -0.39 is 0 Å². The number of nitrogens with zero attached hydrogens (tertiary/aromatic N) is 3. The first kappa shape index (κ1) is 13.1. The van der Waals surface area contributed by atoms with Gasteiger partial charge in [0, 0.05) is 24.4 Å². The number of anilines is 1. The molecule has 6 heteroatoms. The van der Waals surface area contributed by atoms with E-state index in [2.05, 4.69) is 10.4 Å². The van der Waals surface area contributed by atoms with Gasteiger partial charge in [-0.15, -0.1) is 0 Å². The summed E-state index contributed by atoms with van der Waals surface area (Å²) in [5.41, 5.74) is 2.46. The smallest absolute Gasteiger partial charge is 0.292 e. The Morgan fingerprint density at radius 1 is 1.42 bits per heavy atom. The van der Waals surface area contributed by atoms with Gasteiger partial charge in [0.25, 0.3) is 5.69 Å². The van der Waals surface area contributed by atoms with Crippen LogP contribution in [0.15, 0.2) is 30.5 Å². The Morgan fingerprint density at radius 2 is 2.21 bits per heavy atom. The fraction of sp³-hybridized carbons (Fsp3) is 0.308. The first-order valence-electron chi connectivity index (χ1n) is 6.12. The summed E-state index contributed by atoms with van der Waals surface area (Å²) in [6.07, 6.45) is 1.86. The summed E-state index contributed by atoms with van der Waals surface area (Å²) in [5, 5.41) is 18.4. The van der Waals surface area contributed by atoms with Gasteiger partial charge in [-0.05, 0) is 19.9 Å². The Bertz CT molecular complexity index is 592. The van der Waals surface area contributed by atoms with Crippen molar-refractivity contribution in [1.82, 2.24) is 9.78 Å². The molecule has 0 fully saturated rings. The number of nitro benzene ring substituents is 1. The van der Waals surface area contributed by atoms with E-state index in [1.165, 1.54) is 6.07 Å². The van der Waals surface area contributed by atoms with Crippen LogP contribution in [-0.2, 0) is 6.54 Å². The van der Waals surface area contributed by atoms with E-state index in [1.54, 1.807) is 10.7 Å². The van der Waals surface area contributed by atoms with Crippen LogP contribution in [0.3, 0.4) is 0 Å². The van der Waals surface area contributed by atoms with Gasteiger partial charge in [-0.2, -0.15) is 5.10 Å². The zero-order valence-corrected chi connectivity index (χ0v) is 11.0. The lowest BCUT2D eigenvalue weighted by Gasteiger charge is -2.11. The average Bonchev–Trinajstić information content (AvgIpc) is 2.77. The first-order valence-corrected chi connectivity index (χ1v) is 6.12. The molecule has 19 heavy (non-hydrogen) atoms. The third-order valence-electron chi connectivity index (χ3n) is 2.79. The maximum absolute atomic E-state index is 11.0. The van der Waals surface area contributed by atoms with Crippen LogP contribution in [0.4, 0.5) is 11.4 Å². The van der Waals surface area contributed by atoms with Gasteiger partial charge >= 0.3 is 0 Å². The van der Waals surface area contributed by atoms with Crippen LogP contribution in [0.1, 0.15) is 18.2 Å². The number of para-hydroxylation sites is 1. The van der Waals surface area contributed by atoms with Crippen molar-refractivity contribution in [1.29, 1.82) is 0 Å². The molecular formula is C13H16N4O2. The van der Waals surface area contributed by atoms with Crippen molar-refractivity contribution < 1.29 is 4.92 Å². The molecule has 0 unspecified atom stereocenters. The van der Waals surface area contributed by atoms with Crippen molar-refractivity contribution in [3.63, 3.8) is 0 Å². The number of nitro groups is 1. The predicted molar refractivity (Wildman–Crippen MR) is 73.3 cm³/mol. The number of hydrogen-bond acceptors (Lipinski definition) is 4. The van der Waals surface area contributed by atoms with Gasteiger partial charge in [0.1, 0.15) is 5.69 Å². The quantitative estimate of drug-likeness (QED) is 0.662. The zero-order valence-electron chi connectivity index (χ0n) is 11.0. The Labute approximate surface area is 111 Å². The van der Waals surface area contributed by atoms with E-state index in [0.717, 1.165) is 11.3 Å². The lowest BCUT2D eigenvalue weighted by molar-refractivity contribution is -0.384. The third-order valence-corrected chi connectivity index (χ3v) is 2.79. The molecule has 1 aromatic carbocycles. The molecule has 0 spiro atoms. The number of aromatic nitrogens is 2. The second-order valence-electron chi connectivity index (χ2n) is 4.25. The van der Waals surface area contributed by atoms with Crippen molar-refractivity contribution in [2.75, 3.05) is 11.9 Å². The Kier molecular flexibility index (Phi) is 3.79. The number of nitrogens with one attached hydrogen (secondary N) is 1. The summed E-state index contributed by atoms with van der Waals surface area (Å²) in [5.74, 6) is 0. The van der Waals surface area contributed by atoms with Crippen molar-refractivity contribution in [3.05, 3.63) is 51.8 Å². The van der Waals surface area contributed by atoms with Crippen LogP contribution in [0.25, 0.3) is 0 Å². The fourth-order valence-electron chi connectivity index (χ4n) is 1.98. The molecule has 0 aliphatic heterocycles. The van der Waals surface area contributed by atoms with Gasteiger partial charge in [-0.1, -0.05) is 12.1 Å². The highest BCUT2D eigenvalue weighted by Crippen LogP contribution is 2.28. The maximum atomic E-state index is 11.0. The van der Waals surface area contributed by atoms with E-state index in [9.17, 15) is 10.1 Å². The van der Waals surface area contributed by atoms with Crippen LogP contribution in [0.5, 0.6) is 0 Å². The number of aryl methyl sites for hydroxylation is 1. The molecule has 0 aliphatic carbocycles. The summed E-state index contributed by atoms with van der Waals surface area (Å²) >= 11 is 0. The van der Waals surface area contributed by atoms with Crippen molar-refractivity contribution in [2.24, 2.45) is 0 Å². The highest BCUT2D eigenvalue weighted by Gasteiger charge is 2.16. The predicted octanol–water partition coefficient (Wildman–Crippen LogP) is 2.58. The van der Waals surface area contributed by atoms with E-state index >= 15 is 0 Å². The van der Waals surface area contributed by atoms with Crippen LogP contribution in [-0.4, -0.2) is 21.2 Å². The van der Waals surface area contributed by atoms with Gasteiger partial charge < -0.3 is 5.32 Å². The summed E-state index contributed by atoms with van der Waals surface area (Å²) in [6, 6.07) is 6.99. The molecule has 0 saturated heterocycles. The van der Waals surface area contributed by atoms with E-state index in [4.69, 9.17) is 0 Å². The van der Waals surface area contributed by atoms with Gasteiger partial charge in [0.05, 0.1) is 17.2 Å². The lowest BCUT2D eigenvalue weighted by atomic mass is 10.1. The van der Waals surface area contributed by atoms with Crippen LogP contribution in [0, 0.1) is 17.0 Å². The molecule has 2 aromatic rings. The summed E-state index contributed by atoms with van der Waals surface area (Å²) in [6.45, 7) is 4.97. The average molecular weight is 260 g/mol. The SMILES string of the molecule is CCNc1c(Cn2ccc(C)n2)cccc1[N+](=O)[O-]. The third kappa shape index (κ3) is 2.90. The first-order chi connectivity index (χ1) is 9.11. The Hall–Kier alpha value is -2.37. The molecule has 0 bridgehead atoms. The minimum absolute atomic E-state index is 0.100. The standard InChI is InChI=1S/C13H16N4O2/c1-3-14-13-11(5-4-6-12(13)17(18)19)9-16-8-7-10(2)15-16/h4-8,14H,3,9H2,1-2H3. The minimum Gasteiger partial charge on any atom is -0.379 e. The summed E-state index contributed by atoms with van der Waals surface area (Å²) in [7, 11) is 0. The minimum atomic E-state index is -0.365. The molecule has 0 atom stereocenters. The molecule has 100 valence electrons. The molecule has 1 aromatic heterocycles. The molecule has 0 saturated carbocycles. The normalized spacial score (nSPS) is 10.4. The van der Waals surface area contributed by atoms with Crippen LogP contribution >= 0.6 is 0 Å². The lowest BCUT2D eigenvalue weighted by Crippen LogP contribution is -2.08. The maximum Gasteiger partial charge on any atom is 0.292 e. The molecule has 0 amide bonds. The van der Waals surface area contributed by atoms with Crippen LogP contribution < -0.4 is 5.32 Å². The van der Waals surface area contributed by atoms with Gasteiger partial charge in [-0.3, -0.25) is 14.8 Å². The monoisotopic (exact) mass is 260 g/mol. The van der Waals surface area contributed by atoms with E-state index in [1.807, 2.05) is 32.2 Å².